The Kier molecular flexibility index (Phi) is 5.47. The quantitative estimate of drug-likeness (QED) is 0.927. The van der Waals surface area contributed by atoms with Crippen molar-refractivity contribution in [2.24, 2.45) is 5.73 Å². The van der Waals surface area contributed by atoms with Gasteiger partial charge >= 0.3 is 6.18 Å². The van der Waals surface area contributed by atoms with Gasteiger partial charge in [0.15, 0.2) is 0 Å². The average Bonchev–Trinajstić information content (AvgIpc) is 2.49. The largest absolute Gasteiger partial charge is 0.416 e. The lowest BCUT2D eigenvalue weighted by molar-refractivity contribution is -0.137. The molecule has 2 N–H and O–H groups in total. The molecule has 2 unspecified atom stereocenters. The second-order valence-electron chi connectivity index (χ2n) is 5.93. The van der Waals surface area contributed by atoms with Gasteiger partial charge in [0, 0.05) is 38.3 Å². The standard InChI is InChI=1S/C16H24F3N3/c1-3-14-11-21(2)8-9-22(14)15(10-20)12-4-6-13(7-5-12)16(17,18)19/h4-7,14-15H,3,8-11,20H2,1-2H3. The normalized spacial score (nSPS) is 22.7. The molecule has 2 rings (SSSR count). The minimum Gasteiger partial charge on any atom is -0.329 e. The fraction of sp³-hybridized carbons (Fsp3) is 0.625. The first-order valence-electron chi connectivity index (χ1n) is 7.68. The SMILES string of the molecule is CCC1CN(C)CCN1C(CN)c1ccc(C(F)(F)F)cc1. The van der Waals surface area contributed by atoms with Crippen molar-refractivity contribution in [3.05, 3.63) is 35.4 Å². The molecular weight excluding hydrogens is 291 g/mol. The summed E-state index contributed by atoms with van der Waals surface area (Å²) in [6.45, 7) is 5.35. The van der Waals surface area contributed by atoms with Gasteiger partial charge < -0.3 is 10.6 Å². The Morgan fingerprint density at radius 2 is 1.86 bits per heavy atom. The molecule has 1 aromatic carbocycles. The minimum absolute atomic E-state index is 0.0269. The smallest absolute Gasteiger partial charge is 0.329 e. The monoisotopic (exact) mass is 315 g/mol. The van der Waals surface area contributed by atoms with Gasteiger partial charge in [0.05, 0.1) is 5.56 Å². The Bertz CT molecular complexity index is 473. The first kappa shape index (κ1) is 17.2. The number of alkyl halides is 3. The molecule has 22 heavy (non-hydrogen) atoms. The maximum atomic E-state index is 12.7. The third kappa shape index (κ3) is 3.80. The lowest BCUT2D eigenvalue weighted by Gasteiger charge is -2.44. The first-order valence-corrected chi connectivity index (χ1v) is 7.68. The van der Waals surface area contributed by atoms with Crippen molar-refractivity contribution < 1.29 is 13.2 Å². The van der Waals surface area contributed by atoms with Gasteiger partial charge in [0.1, 0.15) is 0 Å². The van der Waals surface area contributed by atoms with Crippen molar-refractivity contribution in [2.75, 3.05) is 33.2 Å². The van der Waals surface area contributed by atoms with Gasteiger partial charge in [-0.3, -0.25) is 4.90 Å². The van der Waals surface area contributed by atoms with Gasteiger partial charge in [-0.25, -0.2) is 0 Å². The lowest BCUT2D eigenvalue weighted by Crippen LogP contribution is -2.53. The lowest BCUT2D eigenvalue weighted by atomic mass is 9.99. The van der Waals surface area contributed by atoms with Crippen LogP contribution in [0.5, 0.6) is 0 Å². The molecule has 6 heteroatoms. The van der Waals surface area contributed by atoms with Gasteiger partial charge in [-0.2, -0.15) is 13.2 Å². The summed E-state index contributed by atoms with van der Waals surface area (Å²) in [5, 5.41) is 0. The molecule has 0 amide bonds. The molecule has 0 saturated carbocycles. The topological polar surface area (TPSA) is 32.5 Å². The van der Waals surface area contributed by atoms with Crippen molar-refractivity contribution in [3.8, 4) is 0 Å². The molecule has 0 aromatic heterocycles. The molecule has 1 aliphatic rings. The van der Waals surface area contributed by atoms with Crippen molar-refractivity contribution >= 4 is 0 Å². The molecule has 0 bridgehead atoms. The Labute approximate surface area is 129 Å². The van der Waals surface area contributed by atoms with Crippen molar-refractivity contribution in [2.45, 2.75) is 31.6 Å². The van der Waals surface area contributed by atoms with Crippen LogP contribution in [0.3, 0.4) is 0 Å². The number of benzene rings is 1. The molecule has 1 aromatic rings. The fourth-order valence-electron chi connectivity index (χ4n) is 3.16. The van der Waals surface area contributed by atoms with Crippen LogP contribution >= 0.6 is 0 Å². The van der Waals surface area contributed by atoms with E-state index in [-0.39, 0.29) is 6.04 Å². The molecule has 1 fully saturated rings. The molecule has 1 saturated heterocycles. The van der Waals surface area contributed by atoms with E-state index in [1.54, 1.807) is 12.1 Å². The van der Waals surface area contributed by atoms with E-state index < -0.39 is 11.7 Å². The van der Waals surface area contributed by atoms with E-state index in [2.05, 4.69) is 23.8 Å². The van der Waals surface area contributed by atoms with Crippen molar-refractivity contribution in [3.63, 3.8) is 0 Å². The highest BCUT2D eigenvalue weighted by Crippen LogP contribution is 2.31. The second-order valence-corrected chi connectivity index (χ2v) is 5.93. The highest BCUT2D eigenvalue weighted by Gasteiger charge is 2.32. The molecule has 1 heterocycles. The number of nitrogens with zero attached hydrogens (tertiary/aromatic N) is 2. The third-order valence-electron chi connectivity index (χ3n) is 4.45. The number of likely N-dealkylation sites (N-methyl/N-ethyl adjacent to an activating group) is 1. The highest BCUT2D eigenvalue weighted by molar-refractivity contribution is 5.27. The van der Waals surface area contributed by atoms with Crippen LogP contribution in [0.25, 0.3) is 0 Å². The molecule has 0 aliphatic carbocycles. The van der Waals surface area contributed by atoms with E-state index in [0.717, 1.165) is 43.8 Å². The maximum absolute atomic E-state index is 12.7. The average molecular weight is 315 g/mol. The zero-order valence-electron chi connectivity index (χ0n) is 13.1. The van der Waals surface area contributed by atoms with E-state index in [0.29, 0.717) is 12.6 Å². The molecular formula is C16H24F3N3. The van der Waals surface area contributed by atoms with Gasteiger partial charge in [0.2, 0.25) is 0 Å². The van der Waals surface area contributed by atoms with Crippen molar-refractivity contribution in [1.29, 1.82) is 0 Å². The number of nitrogens with two attached hydrogens (primary N) is 1. The first-order chi connectivity index (χ1) is 10.4. The number of piperazine rings is 1. The zero-order valence-corrected chi connectivity index (χ0v) is 13.1. The number of rotatable bonds is 4. The summed E-state index contributed by atoms with van der Waals surface area (Å²) in [4.78, 5) is 4.62. The fourth-order valence-corrected chi connectivity index (χ4v) is 3.16. The van der Waals surface area contributed by atoms with E-state index in [9.17, 15) is 13.2 Å². The summed E-state index contributed by atoms with van der Waals surface area (Å²) in [6, 6.07) is 5.77. The van der Waals surface area contributed by atoms with Crippen LogP contribution in [-0.4, -0.2) is 49.1 Å². The van der Waals surface area contributed by atoms with Crippen LogP contribution in [0, 0.1) is 0 Å². The van der Waals surface area contributed by atoms with Crippen LogP contribution in [0.1, 0.15) is 30.5 Å². The van der Waals surface area contributed by atoms with E-state index >= 15 is 0 Å². The Morgan fingerprint density at radius 3 is 2.36 bits per heavy atom. The third-order valence-corrected chi connectivity index (χ3v) is 4.45. The Morgan fingerprint density at radius 1 is 1.23 bits per heavy atom. The maximum Gasteiger partial charge on any atom is 0.416 e. The highest BCUT2D eigenvalue weighted by atomic mass is 19.4. The molecule has 0 radical (unpaired) electrons. The number of hydrogen-bond acceptors (Lipinski definition) is 3. The van der Waals surface area contributed by atoms with E-state index in [1.807, 2.05) is 0 Å². The van der Waals surface area contributed by atoms with Gasteiger partial charge in [-0.15, -0.1) is 0 Å². The van der Waals surface area contributed by atoms with Crippen LogP contribution < -0.4 is 5.73 Å². The summed E-state index contributed by atoms with van der Waals surface area (Å²) in [5.41, 5.74) is 6.18. The zero-order chi connectivity index (χ0) is 16.3. The number of hydrogen-bond donors (Lipinski definition) is 1. The van der Waals surface area contributed by atoms with Gasteiger partial charge in [-0.05, 0) is 31.2 Å². The van der Waals surface area contributed by atoms with Gasteiger partial charge in [-0.1, -0.05) is 19.1 Å². The second kappa shape index (κ2) is 6.98. The minimum atomic E-state index is -4.30. The van der Waals surface area contributed by atoms with Crippen LogP contribution in [0.4, 0.5) is 13.2 Å². The molecule has 3 nitrogen and oxygen atoms in total. The molecule has 0 spiro atoms. The Balaban J connectivity index is 2.20. The van der Waals surface area contributed by atoms with Crippen LogP contribution in [0.2, 0.25) is 0 Å². The van der Waals surface area contributed by atoms with E-state index in [4.69, 9.17) is 5.73 Å². The molecule has 2 atom stereocenters. The van der Waals surface area contributed by atoms with Crippen LogP contribution in [0.15, 0.2) is 24.3 Å². The molecule has 124 valence electrons. The van der Waals surface area contributed by atoms with Crippen molar-refractivity contribution in [1.82, 2.24) is 9.80 Å². The molecule has 1 aliphatic heterocycles. The van der Waals surface area contributed by atoms with Gasteiger partial charge in [0.25, 0.3) is 0 Å². The van der Waals surface area contributed by atoms with Crippen LogP contribution in [-0.2, 0) is 6.18 Å². The number of halogens is 3. The predicted octanol–water partition coefficient (Wildman–Crippen LogP) is 2.73. The summed E-state index contributed by atoms with van der Waals surface area (Å²) in [5.74, 6) is 0. The summed E-state index contributed by atoms with van der Waals surface area (Å²) < 4.78 is 38.0. The predicted molar refractivity (Wildman–Crippen MR) is 81.5 cm³/mol. The van der Waals surface area contributed by atoms with E-state index in [1.165, 1.54) is 0 Å². The summed E-state index contributed by atoms with van der Waals surface area (Å²) in [7, 11) is 2.09. The Hall–Kier alpha value is -1.11. The summed E-state index contributed by atoms with van der Waals surface area (Å²) in [6.07, 6.45) is -3.29. The summed E-state index contributed by atoms with van der Waals surface area (Å²) >= 11 is 0.